The zero-order valence-electron chi connectivity index (χ0n) is 11.1. The normalized spacial score (nSPS) is 10.4. The second kappa shape index (κ2) is 5.61. The molecule has 2 aromatic rings. The van der Waals surface area contributed by atoms with Crippen LogP contribution in [0.2, 0.25) is 0 Å². The van der Waals surface area contributed by atoms with Gasteiger partial charge >= 0.3 is 5.97 Å². The molecule has 0 saturated carbocycles. The minimum Gasteiger partial charge on any atom is -0.481 e. The number of carbonyl (C=O) groups is 1. The van der Waals surface area contributed by atoms with Gasteiger partial charge < -0.3 is 5.11 Å². The van der Waals surface area contributed by atoms with E-state index in [1.807, 2.05) is 38.1 Å². The Labute approximate surface area is 112 Å². The predicted molar refractivity (Wildman–Crippen MR) is 72.9 cm³/mol. The average Bonchev–Trinajstić information content (AvgIpc) is 2.36. The Morgan fingerprint density at radius 2 is 2.00 bits per heavy atom. The Balaban J connectivity index is 2.33. The smallest absolute Gasteiger partial charge is 0.303 e. The minimum absolute atomic E-state index is 0.0523. The molecule has 2 rings (SSSR count). The van der Waals surface area contributed by atoms with E-state index in [1.165, 1.54) is 5.56 Å². The van der Waals surface area contributed by atoms with E-state index < -0.39 is 5.97 Å². The maximum atomic E-state index is 10.6. The number of hydrogen-bond acceptors (Lipinski definition) is 3. The summed E-state index contributed by atoms with van der Waals surface area (Å²) in [6.07, 6.45) is 0.409. The summed E-state index contributed by atoms with van der Waals surface area (Å²) in [5.41, 5.74) is 3.89. The number of carboxylic acid groups (broad SMARTS) is 1. The maximum Gasteiger partial charge on any atom is 0.303 e. The van der Waals surface area contributed by atoms with Crippen LogP contribution in [0.15, 0.2) is 30.3 Å². The molecule has 1 N–H and O–H groups in total. The number of nitrogens with zero attached hydrogens (tertiary/aromatic N) is 2. The minimum atomic E-state index is -0.831. The molecule has 4 nitrogen and oxygen atoms in total. The van der Waals surface area contributed by atoms with Gasteiger partial charge in [-0.25, -0.2) is 9.97 Å². The molecule has 4 heteroatoms. The molecule has 0 fully saturated rings. The van der Waals surface area contributed by atoms with E-state index in [-0.39, 0.29) is 6.42 Å². The van der Waals surface area contributed by atoms with Crippen LogP contribution < -0.4 is 0 Å². The number of benzene rings is 1. The van der Waals surface area contributed by atoms with Gasteiger partial charge in [0.05, 0.1) is 12.1 Å². The molecule has 0 unspecified atom stereocenters. The lowest BCUT2D eigenvalue weighted by atomic mass is 10.1. The van der Waals surface area contributed by atoms with Gasteiger partial charge in [0.25, 0.3) is 0 Å². The van der Waals surface area contributed by atoms with Crippen molar-refractivity contribution >= 4 is 5.97 Å². The highest BCUT2D eigenvalue weighted by atomic mass is 16.4. The van der Waals surface area contributed by atoms with Gasteiger partial charge in [-0.3, -0.25) is 4.79 Å². The molecule has 0 bridgehead atoms. The molecule has 0 aliphatic rings. The number of aryl methyl sites for hydroxylation is 3. The summed E-state index contributed by atoms with van der Waals surface area (Å²) < 4.78 is 0. The number of rotatable bonds is 4. The van der Waals surface area contributed by atoms with Crippen molar-refractivity contribution in [2.45, 2.75) is 26.7 Å². The van der Waals surface area contributed by atoms with Crippen LogP contribution in [-0.4, -0.2) is 21.0 Å². The Kier molecular flexibility index (Phi) is 3.90. The second-order valence-corrected chi connectivity index (χ2v) is 4.57. The van der Waals surface area contributed by atoms with Crippen molar-refractivity contribution in [3.8, 4) is 11.3 Å². The molecule has 0 amide bonds. The van der Waals surface area contributed by atoms with Crippen molar-refractivity contribution in [1.29, 1.82) is 0 Å². The standard InChI is InChI=1S/C15H16N2O2/c1-10-4-3-5-12(8-10)13-9-11(2)16-14(17-13)6-7-15(18)19/h3-5,8-9H,6-7H2,1-2H3,(H,18,19). The second-order valence-electron chi connectivity index (χ2n) is 4.57. The first-order chi connectivity index (χ1) is 9.04. The predicted octanol–water partition coefficient (Wildman–Crippen LogP) is 2.78. The Hall–Kier alpha value is -2.23. The molecule has 0 aliphatic carbocycles. The fourth-order valence-electron chi connectivity index (χ4n) is 1.91. The van der Waals surface area contributed by atoms with Crippen molar-refractivity contribution in [2.75, 3.05) is 0 Å². The molecular formula is C15H16N2O2. The van der Waals surface area contributed by atoms with E-state index in [2.05, 4.69) is 16.0 Å². The average molecular weight is 256 g/mol. The summed E-state index contributed by atoms with van der Waals surface area (Å²) in [5, 5.41) is 8.71. The zero-order chi connectivity index (χ0) is 13.8. The molecule has 0 radical (unpaired) electrons. The zero-order valence-corrected chi connectivity index (χ0v) is 11.1. The van der Waals surface area contributed by atoms with E-state index in [4.69, 9.17) is 5.11 Å². The van der Waals surface area contributed by atoms with E-state index in [0.29, 0.717) is 12.2 Å². The van der Waals surface area contributed by atoms with Crippen molar-refractivity contribution in [1.82, 2.24) is 9.97 Å². The van der Waals surface area contributed by atoms with Crippen LogP contribution in [0.3, 0.4) is 0 Å². The molecule has 1 aromatic carbocycles. The monoisotopic (exact) mass is 256 g/mol. The third-order valence-corrected chi connectivity index (χ3v) is 2.78. The highest BCUT2D eigenvalue weighted by Gasteiger charge is 2.07. The van der Waals surface area contributed by atoms with Crippen LogP contribution >= 0.6 is 0 Å². The van der Waals surface area contributed by atoms with Crippen LogP contribution in [0.1, 0.15) is 23.5 Å². The molecule has 0 saturated heterocycles. The first-order valence-corrected chi connectivity index (χ1v) is 6.18. The quantitative estimate of drug-likeness (QED) is 0.913. The molecule has 19 heavy (non-hydrogen) atoms. The van der Waals surface area contributed by atoms with Crippen molar-refractivity contribution in [2.24, 2.45) is 0 Å². The molecule has 0 atom stereocenters. The maximum absolute atomic E-state index is 10.6. The van der Waals surface area contributed by atoms with Crippen LogP contribution in [0.25, 0.3) is 11.3 Å². The van der Waals surface area contributed by atoms with Crippen LogP contribution in [-0.2, 0) is 11.2 Å². The fourth-order valence-corrected chi connectivity index (χ4v) is 1.91. The van der Waals surface area contributed by atoms with Gasteiger partial charge in [-0.05, 0) is 26.0 Å². The first kappa shape index (κ1) is 13.2. The first-order valence-electron chi connectivity index (χ1n) is 6.18. The lowest BCUT2D eigenvalue weighted by Crippen LogP contribution is -2.03. The SMILES string of the molecule is Cc1cccc(-c2cc(C)nc(CCC(=O)O)n2)c1. The number of hydrogen-bond donors (Lipinski definition) is 1. The molecular weight excluding hydrogens is 240 g/mol. The van der Waals surface area contributed by atoms with Crippen molar-refractivity contribution < 1.29 is 9.90 Å². The van der Waals surface area contributed by atoms with Crippen molar-refractivity contribution in [3.05, 3.63) is 47.4 Å². The number of carboxylic acids is 1. The number of aromatic nitrogens is 2. The Morgan fingerprint density at radius 3 is 2.68 bits per heavy atom. The summed E-state index contributed by atoms with van der Waals surface area (Å²) in [4.78, 5) is 19.3. The van der Waals surface area contributed by atoms with Crippen LogP contribution in [0, 0.1) is 13.8 Å². The summed E-state index contributed by atoms with van der Waals surface area (Å²) in [5.74, 6) is -0.249. The van der Waals surface area contributed by atoms with Crippen LogP contribution in [0.4, 0.5) is 0 Å². The van der Waals surface area contributed by atoms with Gasteiger partial charge in [0.2, 0.25) is 0 Å². The third-order valence-electron chi connectivity index (χ3n) is 2.78. The lowest BCUT2D eigenvalue weighted by molar-refractivity contribution is -0.137. The molecule has 1 aromatic heterocycles. The Bertz CT molecular complexity index is 609. The third kappa shape index (κ3) is 3.61. The highest BCUT2D eigenvalue weighted by Crippen LogP contribution is 2.19. The molecule has 0 spiro atoms. The van der Waals surface area contributed by atoms with E-state index in [0.717, 1.165) is 17.0 Å². The molecule has 0 aliphatic heterocycles. The van der Waals surface area contributed by atoms with Gasteiger partial charge in [-0.15, -0.1) is 0 Å². The van der Waals surface area contributed by atoms with E-state index in [1.54, 1.807) is 0 Å². The summed E-state index contributed by atoms with van der Waals surface area (Å²) >= 11 is 0. The van der Waals surface area contributed by atoms with Gasteiger partial charge in [0, 0.05) is 17.7 Å². The Morgan fingerprint density at radius 1 is 1.21 bits per heavy atom. The topological polar surface area (TPSA) is 63.1 Å². The van der Waals surface area contributed by atoms with Gasteiger partial charge in [0.1, 0.15) is 5.82 Å². The summed E-state index contributed by atoms with van der Waals surface area (Å²) in [6.45, 7) is 3.92. The lowest BCUT2D eigenvalue weighted by Gasteiger charge is -2.06. The van der Waals surface area contributed by atoms with Crippen LogP contribution in [0.5, 0.6) is 0 Å². The van der Waals surface area contributed by atoms with Gasteiger partial charge in [-0.1, -0.05) is 23.8 Å². The van der Waals surface area contributed by atoms with E-state index in [9.17, 15) is 4.79 Å². The van der Waals surface area contributed by atoms with Gasteiger partial charge in [0.15, 0.2) is 0 Å². The van der Waals surface area contributed by atoms with E-state index >= 15 is 0 Å². The summed E-state index contributed by atoms with van der Waals surface area (Å²) in [7, 11) is 0. The number of aliphatic carboxylic acids is 1. The molecule has 98 valence electrons. The van der Waals surface area contributed by atoms with Gasteiger partial charge in [-0.2, -0.15) is 0 Å². The largest absolute Gasteiger partial charge is 0.481 e. The molecule has 1 heterocycles. The van der Waals surface area contributed by atoms with Crippen molar-refractivity contribution in [3.63, 3.8) is 0 Å². The summed E-state index contributed by atoms with van der Waals surface area (Å²) in [6, 6.07) is 9.99. The highest BCUT2D eigenvalue weighted by molar-refractivity contribution is 5.67. The fraction of sp³-hybridized carbons (Fsp3) is 0.267.